The van der Waals surface area contributed by atoms with Gasteiger partial charge in [0, 0.05) is 6.42 Å². The van der Waals surface area contributed by atoms with E-state index in [1.807, 2.05) is 30.3 Å². The smallest absolute Gasteiger partial charge is 0.161 e. The highest BCUT2D eigenvalue weighted by Gasteiger charge is 2.18. The molecule has 0 radical (unpaired) electrons. The monoisotopic (exact) mass is 304 g/mol. The van der Waals surface area contributed by atoms with Gasteiger partial charge in [-0.1, -0.05) is 18.2 Å². The molecule has 110 valence electrons. The molecule has 1 unspecified atom stereocenters. The van der Waals surface area contributed by atoms with Crippen molar-refractivity contribution in [1.29, 1.82) is 0 Å². The van der Waals surface area contributed by atoms with Crippen LogP contribution in [0.1, 0.15) is 22.1 Å². The van der Waals surface area contributed by atoms with Crippen LogP contribution in [0.15, 0.2) is 36.4 Å². The van der Waals surface area contributed by atoms with E-state index in [9.17, 15) is 0 Å². The van der Waals surface area contributed by atoms with Crippen LogP contribution in [-0.4, -0.2) is 20.8 Å². The average Bonchev–Trinajstić information content (AvgIpc) is 3.00. The number of hydrogen-bond donors (Lipinski definition) is 0. The van der Waals surface area contributed by atoms with Gasteiger partial charge >= 0.3 is 0 Å². The second-order valence-electron chi connectivity index (χ2n) is 4.94. The van der Waals surface area contributed by atoms with Gasteiger partial charge in [0.15, 0.2) is 11.5 Å². The minimum atomic E-state index is -0.226. The highest BCUT2D eigenvalue weighted by molar-refractivity contribution is 6.22. The third kappa shape index (κ3) is 2.66. The SMILES string of the molecule is COc1ccc(C(Cl)c2ccc3c(c2)CCO3)cc1OC. The average molecular weight is 305 g/mol. The van der Waals surface area contributed by atoms with Gasteiger partial charge < -0.3 is 14.2 Å². The van der Waals surface area contributed by atoms with Gasteiger partial charge in [-0.25, -0.2) is 0 Å². The van der Waals surface area contributed by atoms with Crippen LogP contribution in [0.2, 0.25) is 0 Å². The van der Waals surface area contributed by atoms with Gasteiger partial charge in [-0.05, 0) is 34.9 Å². The van der Waals surface area contributed by atoms with Crippen LogP contribution in [-0.2, 0) is 6.42 Å². The van der Waals surface area contributed by atoms with Crippen molar-refractivity contribution in [3.8, 4) is 17.2 Å². The van der Waals surface area contributed by atoms with Crippen LogP contribution < -0.4 is 14.2 Å². The standard InChI is InChI=1S/C17H17ClO3/c1-19-15-6-4-13(10-16(15)20-2)17(18)12-3-5-14-11(9-12)7-8-21-14/h3-6,9-10,17H,7-8H2,1-2H3. The number of alkyl halides is 1. The zero-order chi connectivity index (χ0) is 14.8. The number of rotatable bonds is 4. The largest absolute Gasteiger partial charge is 0.493 e. The van der Waals surface area contributed by atoms with Crippen molar-refractivity contribution in [1.82, 2.24) is 0 Å². The number of fused-ring (bicyclic) bond motifs is 1. The molecule has 3 nitrogen and oxygen atoms in total. The van der Waals surface area contributed by atoms with Crippen molar-refractivity contribution in [2.45, 2.75) is 11.8 Å². The Balaban J connectivity index is 1.93. The fourth-order valence-corrected chi connectivity index (χ4v) is 2.84. The molecule has 2 aromatic rings. The summed E-state index contributed by atoms with van der Waals surface area (Å²) in [4.78, 5) is 0. The van der Waals surface area contributed by atoms with E-state index in [-0.39, 0.29) is 5.38 Å². The molecule has 0 aliphatic carbocycles. The molecule has 1 aliphatic rings. The van der Waals surface area contributed by atoms with E-state index in [4.69, 9.17) is 25.8 Å². The molecule has 0 bridgehead atoms. The molecule has 3 rings (SSSR count). The second kappa shape index (κ2) is 5.86. The molecular formula is C17H17ClO3. The van der Waals surface area contributed by atoms with Crippen LogP contribution in [0.3, 0.4) is 0 Å². The summed E-state index contributed by atoms with van der Waals surface area (Å²) >= 11 is 6.62. The first-order valence-electron chi connectivity index (χ1n) is 6.84. The molecule has 21 heavy (non-hydrogen) atoms. The molecule has 1 aliphatic heterocycles. The summed E-state index contributed by atoms with van der Waals surface area (Å²) in [5.74, 6) is 2.35. The maximum atomic E-state index is 6.62. The first kappa shape index (κ1) is 14.1. The molecule has 4 heteroatoms. The lowest BCUT2D eigenvalue weighted by Gasteiger charge is -2.14. The molecule has 1 atom stereocenters. The normalized spacial score (nSPS) is 14.2. The fourth-order valence-electron chi connectivity index (χ4n) is 2.57. The Morgan fingerprint density at radius 1 is 1.00 bits per heavy atom. The zero-order valence-corrected chi connectivity index (χ0v) is 12.8. The summed E-state index contributed by atoms with van der Waals surface area (Å²) in [5, 5.41) is -0.226. The highest BCUT2D eigenvalue weighted by Crippen LogP contribution is 2.37. The number of ether oxygens (including phenoxy) is 3. The lowest BCUT2D eigenvalue weighted by Crippen LogP contribution is -1.97. The lowest BCUT2D eigenvalue weighted by atomic mass is 10.0. The molecular weight excluding hydrogens is 288 g/mol. The van der Waals surface area contributed by atoms with Gasteiger partial charge in [-0.2, -0.15) is 0 Å². The summed E-state index contributed by atoms with van der Waals surface area (Å²) in [6, 6.07) is 11.9. The Morgan fingerprint density at radius 2 is 1.71 bits per heavy atom. The topological polar surface area (TPSA) is 27.7 Å². The van der Waals surface area contributed by atoms with Gasteiger partial charge in [0.1, 0.15) is 5.75 Å². The molecule has 0 spiro atoms. The van der Waals surface area contributed by atoms with Crippen LogP contribution in [0, 0.1) is 0 Å². The zero-order valence-electron chi connectivity index (χ0n) is 12.1. The quantitative estimate of drug-likeness (QED) is 0.800. The first-order chi connectivity index (χ1) is 10.2. The number of benzene rings is 2. The maximum absolute atomic E-state index is 6.62. The summed E-state index contributed by atoms with van der Waals surface area (Å²) in [7, 11) is 3.24. The van der Waals surface area contributed by atoms with Gasteiger partial charge in [0.25, 0.3) is 0 Å². The molecule has 0 amide bonds. The molecule has 0 N–H and O–H groups in total. The van der Waals surface area contributed by atoms with E-state index in [0.717, 1.165) is 29.9 Å². The third-order valence-corrected chi connectivity index (χ3v) is 4.21. The minimum absolute atomic E-state index is 0.226. The van der Waals surface area contributed by atoms with E-state index in [2.05, 4.69) is 6.07 Å². The van der Waals surface area contributed by atoms with Gasteiger partial charge in [-0.3, -0.25) is 0 Å². The summed E-state index contributed by atoms with van der Waals surface area (Å²) in [6.07, 6.45) is 0.943. The van der Waals surface area contributed by atoms with E-state index in [1.165, 1.54) is 5.56 Å². The molecule has 0 fully saturated rings. The fraction of sp³-hybridized carbons (Fsp3) is 0.294. The van der Waals surface area contributed by atoms with Crippen molar-refractivity contribution in [2.24, 2.45) is 0 Å². The van der Waals surface area contributed by atoms with E-state index >= 15 is 0 Å². The van der Waals surface area contributed by atoms with E-state index in [0.29, 0.717) is 11.5 Å². The number of hydrogen-bond acceptors (Lipinski definition) is 3. The Hall–Kier alpha value is -1.87. The number of methoxy groups -OCH3 is 2. The molecule has 1 heterocycles. The summed E-state index contributed by atoms with van der Waals surface area (Å²) in [5.41, 5.74) is 3.26. The molecule has 2 aromatic carbocycles. The summed E-state index contributed by atoms with van der Waals surface area (Å²) < 4.78 is 16.1. The van der Waals surface area contributed by atoms with Crippen molar-refractivity contribution in [2.75, 3.05) is 20.8 Å². The van der Waals surface area contributed by atoms with Crippen molar-refractivity contribution >= 4 is 11.6 Å². The maximum Gasteiger partial charge on any atom is 0.161 e. The predicted molar refractivity (Wildman–Crippen MR) is 82.9 cm³/mol. The Morgan fingerprint density at radius 3 is 2.48 bits per heavy atom. The molecule has 0 saturated carbocycles. The van der Waals surface area contributed by atoms with Crippen LogP contribution in [0.5, 0.6) is 17.2 Å². The van der Waals surface area contributed by atoms with Crippen LogP contribution in [0.25, 0.3) is 0 Å². The Kier molecular flexibility index (Phi) is 3.93. The third-order valence-electron chi connectivity index (χ3n) is 3.71. The first-order valence-corrected chi connectivity index (χ1v) is 7.28. The molecule has 0 saturated heterocycles. The van der Waals surface area contributed by atoms with Gasteiger partial charge in [0.2, 0.25) is 0 Å². The summed E-state index contributed by atoms with van der Waals surface area (Å²) in [6.45, 7) is 0.752. The molecule has 0 aromatic heterocycles. The Bertz CT molecular complexity index is 654. The van der Waals surface area contributed by atoms with E-state index < -0.39 is 0 Å². The van der Waals surface area contributed by atoms with Crippen LogP contribution in [0.4, 0.5) is 0 Å². The van der Waals surface area contributed by atoms with E-state index in [1.54, 1.807) is 14.2 Å². The number of halogens is 1. The minimum Gasteiger partial charge on any atom is -0.493 e. The van der Waals surface area contributed by atoms with Crippen molar-refractivity contribution in [3.63, 3.8) is 0 Å². The van der Waals surface area contributed by atoms with Gasteiger partial charge in [0.05, 0.1) is 26.2 Å². The van der Waals surface area contributed by atoms with Crippen molar-refractivity contribution in [3.05, 3.63) is 53.1 Å². The highest BCUT2D eigenvalue weighted by atomic mass is 35.5. The second-order valence-corrected chi connectivity index (χ2v) is 5.38. The Labute approximate surface area is 129 Å². The van der Waals surface area contributed by atoms with Crippen LogP contribution >= 0.6 is 11.6 Å². The van der Waals surface area contributed by atoms with Gasteiger partial charge in [-0.15, -0.1) is 11.6 Å². The predicted octanol–water partition coefficient (Wildman–Crippen LogP) is 3.97. The lowest BCUT2D eigenvalue weighted by molar-refractivity contribution is 0.354. The van der Waals surface area contributed by atoms with Crippen molar-refractivity contribution < 1.29 is 14.2 Å².